The first-order valence-electron chi connectivity index (χ1n) is 9.48. The summed E-state index contributed by atoms with van der Waals surface area (Å²) in [5.41, 5.74) is 1.26. The summed E-state index contributed by atoms with van der Waals surface area (Å²) in [4.78, 5) is 14.9. The van der Waals surface area contributed by atoms with E-state index in [9.17, 15) is 4.79 Å². The number of nitrogens with zero attached hydrogens (tertiary/aromatic N) is 1. The van der Waals surface area contributed by atoms with Crippen molar-refractivity contribution in [2.75, 3.05) is 6.54 Å². The van der Waals surface area contributed by atoms with Crippen LogP contribution < -0.4 is 0 Å². The minimum absolute atomic E-state index is 0.0115. The van der Waals surface area contributed by atoms with Crippen LogP contribution >= 0.6 is 0 Å². The van der Waals surface area contributed by atoms with Crippen LogP contribution in [0.25, 0.3) is 0 Å². The van der Waals surface area contributed by atoms with Gasteiger partial charge in [0.05, 0.1) is 0 Å². The van der Waals surface area contributed by atoms with Crippen LogP contribution in [0.1, 0.15) is 58.6 Å². The van der Waals surface area contributed by atoms with Crippen LogP contribution in [0.5, 0.6) is 0 Å². The standard InChI is InChI=1S/C21H31NO2/c1-14(2)18-11-10-15(3)12-20(18)24-21(23)19-13-22(19)16(4)17-8-6-5-7-9-17/h5-9,14-16,18-20H,10-13H2,1-4H3/t15-,16+,18+,19+,20?,22?/m0/s1. The molecular weight excluding hydrogens is 298 g/mol. The van der Waals surface area contributed by atoms with Gasteiger partial charge in [0.1, 0.15) is 12.1 Å². The van der Waals surface area contributed by atoms with Crippen LogP contribution in [0.3, 0.4) is 0 Å². The second-order valence-electron chi connectivity index (χ2n) is 8.10. The Morgan fingerprint density at radius 1 is 1.17 bits per heavy atom. The first-order valence-corrected chi connectivity index (χ1v) is 9.48. The summed E-state index contributed by atoms with van der Waals surface area (Å²) in [6, 6.07) is 10.6. The fourth-order valence-electron chi connectivity index (χ4n) is 4.19. The largest absolute Gasteiger partial charge is 0.461 e. The molecule has 3 rings (SSSR count). The molecule has 1 saturated carbocycles. The van der Waals surface area contributed by atoms with Crippen molar-refractivity contribution in [1.29, 1.82) is 0 Å². The highest BCUT2D eigenvalue weighted by Crippen LogP contribution is 2.37. The Bertz CT molecular complexity index is 556. The van der Waals surface area contributed by atoms with Gasteiger partial charge < -0.3 is 4.74 Å². The minimum atomic E-state index is -0.0507. The summed E-state index contributed by atoms with van der Waals surface area (Å²) < 4.78 is 6.00. The van der Waals surface area contributed by atoms with E-state index in [1.807, 2.05) is 6.07 Å². The van der Waals surface area contributed by atoms with Crippen LogP contribution in [0.15, 0.2) is 30.3 Å². The molecule has 1 heterocycles. The zero-order valence-electron chi connectivity index (χ0n) is 15.4. The number of ether oxygens (including phenoxy) is 1. The second-order valence-corrected chi connectivity index (χ2v) is 8.10. The van der Waals surface area contributed by atoms with Gasteiger partial charge in [0.15, 0.2) is 0 Å². The van der Waals surface area contributed by atoms with Gasteiger partial charge in [-0.3, -0.25) is 9.69 Å². The normalized spacial score (nSPS) is 34.0. The number of carbonyl (C=O) groups excluding carboxylic acids is 1. The van der Waals surface area contributed by atoms with Crippen molar-refractivity contribution in [3.8, 4) is 0 Å². The second kappa shape index (κ2) is 7.26. The van der Waals surface area contributed by atoms with E-state index in [1.54, 1.807) is 0 Å². The van der Waals surface area contributed by atoms with E-state index in [-0.39, 0.29) is 24.2 Å². The predicted molar refractivity (Wildman–Crippen MR) is 96.6 cm³/mol. The predicted octanol–water partition coefficient (Wildman–Crippen LogP) is 4.44. The van der Waals surface area contributed by atoms with E-state index in [0.29, 0.717) is 17.8 Å². The van der Waals surface area contributed by atoms with Crippen molar-refractivity contribution in [1.82, 2.24) is 4.90 Å². The van der Waals surface area contributed by atoms with E-state index in [2.05, 4.69) is 56.9 Å². The summed E-state index contributed by atoms with van der Waals surface area (Å²) in [6.45, 7) is 9.77. The minimum Gasteiger partial charge on any atom is -0.461 e. The molecule has 0 aromatic heterocycles. The van der Waals surface area contributed by atoms with E-state index >= 15 is 0 Å². The summed E-state index contributed by atoms with van der Waals surface area (Å²) >= 11 is 0. The topological polar surface area (TPSA) is 29.3 Å². The SMILES string of the molecule is CC(C)[C@H]1CC[C@H](C)CC1OC(=O)[C@H]1CN1[C@H](C)c1ccccc1. The van der Waals surface area contributed by atoms with E-state index in [4.69, 9.17) is 4.74 Å². The average Bonchev–Trinajstić information content (AvgIpc) is 3.35. The molecule has 2 unspecified atom stereocenters. The Hall–Kier alpha value is -1.35. The molecule has 24 heavy (non-hydrogen) atoms. The summed E-state index contributed by atoms with van der Waals surface area (Å²) in [6.07, 6.45) is 3.58. The maximum absolute atomic E-state index is 12.6. The number of hydrogen-bond acceptors (Lipinski definition) is 3. The van der Waals surface area contributed by atoms with E-state index < -0.39 is 0 Å². The summed E-state index contributed by atoms with van der Waals surface area (Å²) in [5.74, 6) is 1.75. The molecule has 2 fully saturated rings. The maximum atomic E-state index is 12.6. The molecule has 1 aliphatic heterocycles. The first kappa shape index (κ1) is 17.5. The maximum Gasteiger partial charge on any atom is 0.325 e. The average molecular weight is 329 g/mol. The lowest BCUT2D eigenvalue weighted by atomic mass is 9.75. The summed E-state index contributed by atoms with van der Waals surface area (Å²) in [7, 11) is 0. The highest BCUT2D eigenvalue weighted by atomic mass is 16.5. The molecule has 1 aromatic carbocycles. The quantitative estimate of drug-likeness (QED) is 0.591. The molecule has 3 heteroatoms. The van der Waals surface area contributed by atoms with Gasteiger partial charge in [0.2, 0.25) is 0 Å². The number of hydrogen-bond donors (Lipinski definition) is 0. The molecule has 3 nitrogen and oxygen atoms in total. The number of rotatable bonds is 5. The van der Waals surface area contributed by atoms with Crippen molar-refractivity contribution >= 4 is 5.97 Å². The summed E-state index contributed by atoms with van der Waals surface area (Å²) in [5, 5.41) is 0. The molecule has 0 amide bonds. The van der Waals surface area contributed by atoms with Gasteiger partial charge in [0.25, 0.3) is 0 Å². The molecule has 0 radical (unpaired) electrons. The van der Waals surface area contributed by atoms with Crippen LogP contribution in [0.4, 0.5) is 0 Å². The van der Waals surface area contributed by atoms with Crippen LogP contribution in [-0.2, 0) is 9.53 Å². The van der Waals surface area contributed by atoms with Crippen molar-refractivity contribution in [2.24, 2.45) is 17.8 Å². The Labute approximate surface area is 146 Å². The molecular formula is C21H31NO2. The fourth-order valence-corrected chi connectivity index (χ4v) is 4.19. The molecule has 2 aliphatic rings. The molecule has 0 bridgehead atoms. The van der Waals surface area contributed by atoms with Gasteiger partial charge in [-0.1, -0.05) is 57.5 Å². The van der Waals surface area contributed by atoms with Gasteiger partial charge in [0, 0.05) is 12.6 Å². The molecule has 1 saturated heterocycles. The number of esters is 1. The van der Waals surface area contributed by atoms with Crippen LogP contribution in [-0.4, -0.2) is 29.6 Å². The molecule has 0 spiro atoms. The Balaban J connectivity index is 1.57. The fraction of sp³-hybridized carbons (Fsp3) is 0.667. The Morgan fingerprint density at radius 2 is 1.88 bits per heavy atom. The smallest absolute Gasteiger partial charge is 0.325 e. The Kier molecular flexibility index (Phi) is 5.29. The lowest BCUT2D eigenvalue weighted by Crippen LogP contribution is -2.37. The van der Waals surface area contributed by atoms with E-state index in [1.165, 1.54) is 18.4 Å². The van der Waals surface area contributed by atoms with Crippen molar-refractivity contribution < 1.29 is 9.53 Å². The molecule has 0 N–H and O–H groups in total. The molecule has 1 aromatic rings. The van der Waals surface area contributed by atoms with Gasteiger partial charge in [-0.2, -0.15) is 0 Å². The monoisotopic (exact) mass is 329 g/mol. The Morgan fingerprint density at radius 3 is 2.54 bits per heavy atom. The van der Waals surface area contributed by atoms with Crippen molar-refractivity contribution in [3.63, 3.8) is 0 Å². The van der Waals surface area contributed by atoms with Gasteiger partial charge in [-0.25, -0.2) is 0 Å². The number of benzene rings is 1. The van der Waals surface area contributed by atoms with Crippen molar-refractivity contribution in [2.45, 2.75) is 65.1 Å². The van der Waals surface area contributed by atoms with E-state index in [0.717, 1.165) is 13.0 Å². The zero-order chi connectivity index (χ0) is 17.3. The van der Waals surface area contributed by atoms with Gasteiger partial charge in [-0.15, -0.1) is 0 Å². The first-order chi connectivity index (χ1) is 11.5. The van der Waals surface area contributed by atoms with Gasteiger partial charge >= 0.3 is 5.97 Å². The third kappa shape index (κ3) is 3.83. The molecule has 6 atom stereocenters. The zero-order valence-corrected chi connectivity index (χ0v) is 15.4. The number of carbonyl (C=O) groups is 1. The van der Waals surface area contributed by atoms with Crippen LogP contribution in [0, 0.1) is 17.8 Å². The lowest BCUT2D eigenvalue weighted by Gasteiger charge is -2.36. The highest BCUT2D eigenvalue weighted by molar-refractivity contribution is 5.79. The third-order valence-electron chi connectivity index (χ3n) is 5.93. The molecule has 132 valence electrons. The van der Waals surface area contributed by atoms with Gasteiger partial charge in [-0.05, 0) is 43.1 Å². The third-order valence-corrected chi connectivity index (χ3v) is 5.93. The van der Waals surface area contributed by atoms with Crippen molar-refractivity contribution in [3.05, 3.63) is 35.9 Å². The molecule has 1 aliphatic carbocycles. The lowest BCUT2D eigenvalue weighted by molar-refractivity contribution is -0.156. The van der Waals surface area contributed by atoms with Crippen LogP contribution in [0.2, 0.25) is 0 Å². The highest BCUT2D eigenvalue weighted by Gasteiger charge is 2.46.